The fourth-order valence-corrected chi connectivity index (χ4v) is 5.52. The van der Waals surface area contributed by atoms with Gasteiger partial charge in [0.1, 0.15) is 11.5 Å². The highest BCUT2D eigenvalue weighted by Crippen LogP contribution is 2.39. The van der Waals surface area contributed by atoms with E-state index in [0.717, 1.165) is 46.5 Å². The zero-order chi connectivity index (χ0) is 22.5. The number of aromatic nitrogens is 2. The van der Waals surface area contributed by atoms with Crippen LogP contribution in [0.4, 0.5) is 10.8 Å². The summed E-state index contributed by atoms with van der Waals surface area (Å²) >= 11 is 2.87. The molecule has 1 atom stereocenters. The Kier molecular flexibility index (Phi) is 7.16. The van der Waals surface area contributed by atoms with E-state index in [9.17, 15) is 4.79 Å². The number of hydrogen-bond acceptors (Lipinski definition) is 8. The number of rotatable bonds is 8. The van der Waals surface area contributed by atoms with Crippen LogP contribution in [0, 0.1) is 6.92 Å². The molecular formula is C23H26N4O3S2. The van der Waals surface area contributed by atoms with Crippen molar-refractivity contribution < 1.29 is 14.3 Å². The second-order valence-corrected chi connectivity index (χ2v) is 9.71. The maximum absolute atomic E-state index is 13.1. The monoisotopic (exact) mass is 470 g/mol. The lowest BCUT2D eigenvalue weighted by molar-refractivity contribution is -0.129. The van der Waals surface area contributed by atoms with Gasteiger partial charge in [-0.05, 0) is 55.7 Å². The largest absolute Gasteiger partial charge is 0.497 e. The van der Waals surface area contributed by atoms with Crippen LogP contribution in [0.5, 0.6) is 11.5 Å². The van der Waals surface area contributed by atoms with Crippen LogP contribution >= 0.6 is 23.1 Å². The maximum atomic E-state index is 13.1. The number of anilines is 2. The van der Waals surface area contributed by atoms with E-state index in [4.69, 9.17) is 9.47 Å². The molecule has 0 radical (unpaired) electrons. The smallest absolute Gasteiger partial charge is 0.233 e. The number of methoxy groups -OCH3 is 2. The molecule has 9 heteroatoms. The van der Waals surface area contributed by atoms with E-state index in [1.54, 1.807) is 14.2 Å². The SMILES string of the molecule is COc1ccc(OC)c([C@H]2CCCN2C(=O)CSc2nnc(Nc3cccc(C)c3)s2)c1. The van der Waals surface area contributed by atoms with Gasteiger partial charge >= 0.3 is 0 Å². The number of likely N-dealkylation sites (tertiary alicyclic amines) is 1. The molecule has 1 fully saturated rings. The summed E-state index contributed by atoms with van der Waals surface area (Å²) in [7, 11) is 3.30. The summed E-state index contributed by atoms with van der Waals surface area (Å²) in [6.45, 7) is 2.78. The number of aryl methyl sites for hydroxylation is 1. The van der Waals surface area contributed by atoms with Crippen molar-refractivity contribution in [2.75, 3.05) is 31.8 Å². The molecule has 1 saturated heterocycles. The molecule has 1 aliphatic rings. The number of carbonyl (C=O) groups is 1. The molecule has 0 spiro atoms. The molecule has 1 amide bonds. The molecule has 0 unspecified atom stereocenters. The molecule has 1 aliphatic heterocycles. The van der Waals surface area contributed by atoms with Gasteiger partial charge in [-0.2, -0.15) is 0 Å². The molecule has 2 aromatic carbocycles. The van der Waals surface area contributed by atoms with Crippen molar-refractivity contribution in [3.8, 4) is 11.5 Å². The molecule has 168 valence electrons. The summed E-state index contributed by atoms with van der Waals surface area (Å²) in [5.74, 6) is 1.95. The van der Waals surface area contributed by atoms with Crippen LogP contribution in [0.2, 0.25) is 0 Å². The van der Waals surface area contributed by atoms with Crippen LogP contribution in [-0.4, -0.2) is 47.5 Å². The molecule has 0 bridgehead atoms. The molecule has 3 aromatic rings. The summed E-state index contributed by atoms with van der Waals surface area (Å²) < 4.78 is 11.7. The number of carbonyl (C=O) groups excluding carboxylic acids is 1. The van der Waals surface area contributed by atoms with Gasteiger partial charge in [0, 0.05) is 17.8 Å². The lowest BCUT2D eigenvalue weighted by atomic mass is 10.0. The van der Waals surface area contributed by atoms with E-state index in [0.29, 0.717) is 10.9 Å². The second kappa shape index (κ2) is 10.2. The van der Waals surface area contributed by atoms with Crippen molar-refractivity contribution >= 4 is 39.8 Å². The predicted molar refractivity (Wildman–Crippen MR) is 128 cm³/mol. The number of nitrogens with zero attached hydrogens (tertiary/aromatic N) is 3. The molecule has 1 aromatic heterocycles. The molecular weight excluding hydrogens is 444 g/mol. The quantitative estimate of drug-likeness (QED) is 0.461. The summed E-state index contributed by atoms with van der Waals surface area (Å²) in [6, 6.07) is 13.8. The topological polar surface area (TPSA) is 76.6 Å². The van der Waals surface area contributed by atoms with Gasteiger partial charge in [-0.3, -0.25) is 4.79 Å². The highest BCUT2D eigenvalue weighted by molar-refractivity contribution is 8.01. The average molecular weight is 471 g/mol. The van der Waals surface area contributed by atoms with Crippen LogP contribution in [-0.2, 0) is 4.79 Å². The van der Waals surface area contributed by atoms with Crippen molar-refractivity contribution in [2.24, 2.45) is 0 Å². The first kappa shape index (κ1) is 22.4. The van der Waals surface area contributed by atoms with Gasteiger partial charge in [0.15, 0.2) is 4.34 Å². The lowest BCUT2D eigenvalue weighted by Crippen LogP contribution is -2.32. The van der Waals surface area contributed by atoms with Gasteiger partial charge in [-0.15, -0.1) is 10.2 Å². The van der Waals surface area contributed by atoms with E-state index >= 15 is 0 Å². The van der Waals surface area contributed by atoms with E-state index in [2.05, 4.69) is 21.6 Å². The van der Waals surface area contributed by atoms with E-state index < -0.39 is 0 Å². The minimum absolute atomic E-state index is 0.0129. The first-order valence-corrected chi connectivity index (χ1v) is 12.2. The first-order chi connectivity index (χ1) is 15.6. The Morgan fingerprint density at radius 3 is 2.88 bits per heavy atom. The minimum atomic E-state index is -0.0129. The average Bonchev–Trinajstić information content (AvgIpc) is 3.47. The van der Waals surface area contributed by atoms with Crippen LogP contribution in [0.25, 0.3) is 0 Å². The normalized spacial score (nSPS) is 15.6. The zero-order valence-electron chi connectivity index (χ0n) is 18.3. The summed E-state index contributed by atoms with van der Waals surface area (Å²) in [4.78, 5) is 15.0. The fourth-order valence-electron chi connectivity index (χ4n) is 3.86. The number of nitrogens with one attached hydrogen (secondary N) is 1. The van der Waals surface area contributed by atoms with E-state index in [1.165, 1.54) is 28.7 Å². The molecule has 0 aliphatic carbocycles. The number of amides is 1. The van der Waals surface area contributed by atoms with Gasteiger partial charge in [0.25, 0.3) is 0 Å². The van der Waals surface area contributed by atoms with Crippen LogP contribution in [0.3, 0.4) is 0 Å². The summed E-state index contributed by atoms with van der Waals surface area (Å²) in [5.41, 5.74) is 3.14. The molecule has 32 heavy (non-hydrogen) atoms. The van der Waals surface area contributed by atoms with Crippen molar-refractivity contribution in [3.05, 3.63) is 53.6 Å². The van der Waals surface area contributed by atoms with Crippen LogP contribution in [0.15, 0.2) is 46.8 Å². The van der Waals surface area contributed by atoms with Gasteiger partial charge in [-0.1, -0.05) is 35.2 Å². The minimum Gasteiger partial charge on any atom is -0.497 e. The Morgan fingerprint density at radius 2 is 2.09 bits per heavy atom. The van der Waals surface area contributed by atoms with Gasteiger partial charge in [0.2, 0.25) is 11.0 Å². The van der Waals surface area contributed by atoms with Crippen LogP contribution in [0.1, 0.15) is 30.0 Å². The Hall–Kier alpha value is -2.78. The predicted octanol–water partition coefficient (Wildman–Crippen LogP) is 5.06. The van der Waals surface area contributed by atoms with Crippen molar-refractivity contribution in [2.45, 2.75) is 30.1 Å². The summed E-state index contributed by atoms with van der Waals surface area (Å²) in [6.07, 6.45) is 1.87. The van der Waals surface area contributed by atoms with E-state index in [1.807, 2.05) is 48.2 Å². The number of thioether (sulfide) groups is 1. The number of ether oxygens (including phenoxy) is 2. The van der Waals surface area contributed by atoms with Crippen molar-refractivity contribution in [1.29, 1.82) is 0 Å². The van der Waals surface area contributed by atoms with Gasteiger partial charge < -0.3 is 19.7 Å². The van der Waals surface area contributed by atoms with Gasteiger partial charge in [0.05, 0.1) is 26.0 Å². The van der Waals surface area contributed by atoms with E-state index in [-0.39, 0.29) is 11.9 Å². The van der Waals surface area contributed by atoms with Gasteiger partial charge in [-0.25, -0.2) is 0 Å². The van der Waals surface area contributed by atoms with Crippen molar-refractivity contribution in [3.63, 3.8) is 0 Å². The molecule has 7 nitrogen and oxygen atoms in total. The third-order valence-corrected chi connectivity index (χ3v) is 7.32. The third-order valence-electron chi connectivity index (χ3n) is 5.36. The Bertz CT molecular complexity index is 1090. The number of hydrogen-bond donors (Lipinski definition) is 1. The van der Waals surface area contributed by atoms with Crippen LogP contribution < -0.4 is 14.8 Å². The first-order valence-electron chi connectivity index (χ1n) is 10.4. The molecule has 4 rings (SSSR count). The summed E-state index contributed by atoms with van der Waals surface area (Å²) in [5, 5.41) is 12.4. The van der Waals surface area contributed by atoms with Crippen molar-refractivity contribution in [1.82, 2.24) is 15.1 Å². The Labute approximate surface area is 196 Å². The highest BCUT2D eigenvalue weighted by atomic mass is 32.2. The zero-order valence-corrected chi connectivity index (χ0v) is 20.0. The molecule has 2 heterocycles. The standard InChI is InChI=1S/C23H26N4O3S2/c1-15-6-4-7-16(12-15)24-22-25-26-23(32-22)31-14-21(28)27-11-5-8-19(27)18-13-17(29-2)9-10-20(18)30-3/h4,6-7,9-10,12-13,19H,5,8,11,14H2,1-3H3,(H,24,25)/t19-/m1/s1. The maximum Gasteiger partial charge on any atom is 0.233 e. The number of benzene rings is 2. The Balaban J connectivity index is 1.39. The second-order valence-electron chi connectivity index (χ2n) is 7.51. The Morgan fingerprint density at radius 1 is 1.22 bits per heavy atom. The molecule has 1 N–H and O–H groups in total. The third kappa shape index (κ3) is 5.16. The lowest BCUT2D eigenvalue weighted by Gasteiger charge is -2.26. The molecule has 0 saturated carbocycles. The fraction of sp³-hybridized carbons (Fsp3) is 0.348. The highest BCUT2D eigenvalue weighted by Gasteiger charge is 2.32.